The van der Waals surface area contributed by atoms with Gasteiger partial charge in [-0.15, -0.1) is 0 Å². The SMILES string of the molecule is COc1cccc(CCNC(=O)CCNc2ccccc2F)c1. The molecule has 0 saturated heterocycles. The van der Waals surface area contributed by atoms with E-state index in [2.05, 4.69) is 10.6 Å². The van der Waals surface area contributed by atoms with Crippen molar-refractivity contribution in [2.75, 3.05) is 25.5 Å². The van der Waals surface area contributed by atoms with E-state index in [-0.39, 0.29) is 11.7 Å². The standard InChI is InChI=1S/C18H21FN2O2/c1-23-15-6-4-5-14(13-15)9-11-21-18(22)10-12-20-17-8-3-2-7-16(17)19/h2-8,13,20H,9-12H2,1H3,(H,21,22). The third kappa shape index (κ3) is 5.62. The number of nitrogens with one attached hydrogen (secondary N) is 2. The Labute approximate surface area is 135 Å². The second kappa shape index (κ2) is 8.78. The first-order valence-corrected chi connectivity index (χ1v) is 7.57. The van der Waals surface area contributed by atoms with Crippen molar-refractivity contribution in [2.45, 2.75) is 12.8 Å². The molecule has 0 atom stereocenters. The fourth-order valence-corrected chi connectivity index (χ4v) is 2.18. The lowest BCUT2D eigenvalue weighted by Gasteiger charge is -2.08. The summed E-state index contributed by atoms with van der Waals surface area (Å²) in [6.07, 6.45) is 1.04. The molecule has 5 heteroatoms. The van der Waals surface area contributed by atoms with Gasteiger partial charge in [0.2, 0.25) is 5.91 Å². The van der Waals surface area contributed by atoms with Gasteiger partial charge in [-0.1, -0.05) is 24.3 Å². The summed E-state index contributed by atoms with van der Waals surface area (Å²) in [5, 5.41) is 5.77. The second-order valence-corrected chi connectivity index (χ2v) is 5.11. The molecule has 0 aliphatic rings. The van der Waals surface area contributed by atoms with Crippen LogP contribution in [0.25, 0.3) is 0 Å². The van der Waals surface area contributed by atoms with Crippen molar-refractivity contribution < 1.29 is 13.9 Å². The van der Waals surface area contributed by atoms with Crippen molar-refractivity contribution in [1.29, 1.82) is 0 Å². The average molecular weight is 316 g/mol. The molecule has 2 aromatic carbocycles. The van der Waals surface area contributed by atoms with Crippen molar-refractivity contribution in [3.63, 3.8) is 0 Å². The number of carbonyl (C=O) groups is 1. The molecule has 0 unspecified atom stereocenters. The number of rotatable bonds is 8. The number of ether oxygens (including phenoxy) is 1. The molecule has 0 aliphatic heterocycles. The Morgan fingerprint density at radius 2 is 1.96 bits per heavy atom. The number of anilines is 1. The summed E-state index contributed by atoms with van der Waals surface area (Å²) in [5.74, 6) is 0.436. The second-order valence-electron chi connectivity index (χ2n) is 5.11. The molecule has 0 aliphatic carbocycles. The number of carbonyl (C=O) groups excluding carboxylic acids is 1. The van der Waals surface area contributed by atoms with Gasteiger partial charge in [-0.05, 0) is 36.2 Å². The van der Waals surface area contributed by atoms with Gasteiger partial charge < -0.3 is 15.4 Å². The van der Waals surface area contributed by atoms with Gasteiger partial charge in [0.1, 0.15) is 11.6 Å². The van der Waals surface area contributed by atoms with Gasteiger partial charge in [-0.3, -0.25) is 4.79 Å². The van der Waals surface area contributed by atoms with E-state index in [0.29, 0.717) is 25.2 Å². The number of hydrogen-bond acceptors (Lipinski definition) is 3. The fourth-order valence-electron chi connectivity index (χ4n) is 2.18. The van der Waals surface area contributed by atoms with Crippen LogP contribution in [0.4, 0.5) is 10.1 Å². The first-order valence-electron chi connectivity index (χ1n) is 7.57. The lowest BCUT2D eigenvalue weighted by Crippen LogP contribution is -2.27. The Kier molecular flexibility index (Phi) is 6.41. The smallest absolute Gasteiger partial charge is 0.221 e. The topological polar surface area (TPSA) is 50.4 Å². The predicted molar refractivity (Wildman–Crippen MR) is 89.2 cm³/mol. The zero-order valence-corrected chi connectivity index (χ0v) is 13.1. The predicted octanol–water partition coefficient (Wildman–Crippen LogP) is 3.00. The highest BCUT2D eigenvalue weighted by Gasteiger charge is 2.03. The highest BCUT2D eigenvalue weighted by Crippen LogP contribution is 2.13. The summed E-state index contributed by atoms with van der Waals surface area (Å²) < 4.78 is 18.6. The largest absolute Gasteiger partial charge is 0.497 e. The lowest BCUT2D eigenvalue weighted by molar-refractivity contribution is -0.120. The molecule has 0 heterocycles. The lowest BCUT2D eigenvalue weighted by atomic mass is 10.1. The molecule has 2 aromatic rings. The highest BCUT2D eigenvalue weighted by atomic mass is 19.1. The number of amides is 1. The molecule has 0 radical (unpaired) electrons. The van der Waals surface area contributed by atoms with Crippen LogP contribution in [0.2, 0.25) is 0 Å². The summed E-state index contributed by atoms with van der Waals surface area (Å²) in [7, 11) is 1.63. The van der Waals surface area contributed by atoms with E-state index in [1.807, 2.05) is 24.3 Å². The maximum absolute atomic E-state index is 13.4. The molecule has 4 nitrogen and oxygen atoms in total. The Morgan fingerprint density at radius 1 is 1.13 bits per heavy atom. The molecule has 0 aromatic heterocycles. The van der Waals surface area contributed by atoms with Crippen molar-refractivity contribution in [3.05, 3.63) is 59.9 Å². The van der Waals surface area contributed by atoms with Crippen LogP contribution in [0.5, 0.6) is 5.75 Å². The third-order valence-electron chi connectivity index (χ3n) is 3.41. The Morgan fingerprint density at radius 3 is 2.74 bits per heavy atom. The zero-order valence-electron chi connectivity index (χ0n) is 13.1. The maximum Gasteiger partial charge on any atom is 0.221 e. The average Bonchev–Trinajstić information content (AvgIpc) is 2.57. The van der Waals surface area contributed by atoms with Crippen LogP contribution in [0.3, 0.4) is 0 Å². The van der Waals surface area contributed by atoms with Gasteiger partial charge in [0, 0.05) is 19.5 Å². The van der Waals surface area contributed by atoms with Gasteiger partial charge in [-0.2, -0.15) is 0 Å². The van der Waals surface area contributed by atoms with Gasteiger partial charge >= 0.3 is 0 Å². The van der Waals surface area contributed by atoms with Crippen molar-refractivity contribution in [1.82, 2.24) is 5.32 Å². The number of para-hydroxylation sites is 1. The van der Waals surface area contributed by atoms with Gasteiger partial charge in [-0.25, -0.2) is 4.39 Å². The molecule has 2 rings (SSSR count). The van der Waals surface area contributed by atoms with E-state index in [9.17, 15) is 9.18 Å². The van der Waals surface area contributed by atoms with E-state index in [1.165, 1.54) is 6.07 Å². The van der Waals surface area contributed by atoms with Crippen LogP contribution >= 0.6 is 0 Å². The minimum atomic E-state index is -0.314. The summed E-state index contributed by atoms with van der Waals surface area (Å²) in [6, 6.07) is 14.2. The first kappa shape index (κ1) is 16.8. The summed E-state index contributed by atoms with van der Waals surface area (Å²) >= 11 is 0. The number of benzene rings is 2. The summed E-state index contributed by atoms with van der Waals surface area (Å²) in [5.41, 5.74) is 1.52. The monoisotopic (exact) mass is 316 g/mol. The third-order valence-corrected chi connectivity index (χ3v) is 3.41. The molecular weight excluding hydrogens is 295 g/mol. The number of hydrogen-bond donors (Lipinski definition) is 2. The van der Waals surface area contributed by atoms with E-state index < -0.39 is 0 Å². The van der Waals surface area contributed by atoms with Crippen molar-refractivity contribution in [3.8, 4) is 5.75 Å². The highest BCUT2D eigenvalue weighted by molar-refractivity contribution is 5.76. The van der Waals surface area contributed by atoms with Crippen LogP contribution in [0.1, 0.15) is 12.0 Å². The van der Waals surface area contributed by atoms with E-state index >= 15 is 0 Å². The molecule has 2 N–H and O–H groups in total. The van der Waals surface area contributed by atoms with Crippen LogP contribution in [-0.2, 0) is 11.2 Å². The van der Waals surface area contributed by atoms with Crippen LogP contribution in [-0.4, -0.2) is 26.1 Å². The summed E-state index contributed by atoms with van der Waals surface area (Å²) in [6.45, 7) is 0.956. The van der Waals surface area contributed by atoms with E-state index in [4.69, 9.17) is 4.74 Å². The minimum absolute atomic E-state index is 0.0586. The Bertz CT molecular complexity index is 646. The molecular formula is C18H21FN2O2. The normalized spacial score (nSPS) is 10.2. The maximum atomic E-state index is 13.4. The minimum Gasteiger partial charge on any atom is -0.497 e. The van der Waals surface area contributed by atoms with E-state index in [0.717, 1.165) is 17.7 Å². The fraction of sp³-hybridized carbons (Fsp3) is 0.278. The van der Waals surface area contributed by atoms with Crippen LogP contribution < -0.4 is 15.4 Å². The van der Waals surface area contributed by atoms with Crippen molar-refractivity contribution >= 4 is 11.6 Å². The number of methoxy groups -OCH3 is 1. The first-order chi connectivity index (χ1) is 11.2. The van der Waals surface area contributed by atoms with Gasteiger partial charge in [0.25, 0.3) is 0 Å². The quantitative estimate of drug-likeness (QED) is 0.787. The van der Waals surface area contributed by atoms with Gasteiger partial charge in [0.05, 0.1) is 12.8 Å². The molecule has 0 spiro atoms. The Hall–Kier alpha value is -2.56. The molecule has 0 bridgehead atoms. The van der Waals surface area contributed by atoms with Gasteiger partial charge in [0.15, 0.2) is 0 Å². The van der Waals surface area contributed by atoms with E-state index in [1.54, 1.807) is 25.3 Å². The molecule has 0 fully saturated rings. The molecule has 1 amide bonds. The Balaban J connectivity index is 1.66. The van der Waals surface area contributed by atoms with Crippen LogP contribution in [0.15, 0.2) is 48.5 Å². The molecule has 0 saturated carbocycles. The molecule has 23 heavy (non-hydrogen) atoms. The van der Waals surface area contributed by atoms with Crippen LogP contribution in [0, 0.1) is 5.82 Å². The number of halogens is 1. The molecule has 122 valence electrons. The zero-order chi connectivity index (χ0) is 16.5. The van der Waals surface area contributed by atoms with Crippen molar-refractivity contribution in [2.24, 2.45) is 0 Å². The summed E-state index contributed by atoms with van der Waals surface area (Å²) in [4.78, 5) is 11.8.